The molecular weight excluding hydrogens is 470 g/mol. The Morgan fingerprint density at radius 1 is 1.17 bits per heavy atom. The van der Waals surface area contributed by atoms with Crippen molar-refractivity contribution in [1.82, 2.24) is 15.6 Å². The van der Waals surface area contributed by atoms with Gasteiger partial charge >= 0.3 is 11.8 Å². The summed E-state index contributed by atoms with van der Waals surface area (Å²) in [5, 5.41) is 15.0. The van der Waals surface area contributed by atoms with E-state index in [-0.39, 0.29) is 5.13 Å². The van der Waals surface area contributed by atoms with E-state index in [9.17, 15) is 9.59 Å². The Labute approximate surface area is 184 Å². The number of rotatable bonds is 7. The minimum atomic E-state index is -0.933. The van der Waals surface area contributed by atoms with Crippen LogP contribution in [-0.4, -0.2) is 34.8 Å². The molecule has 0 saturated heterocycles. The van der Waals surface area contributed by atoms with E-state index in [1.54, 1.807) is 24.3 Å². The van der Waals surface area contributed by atoms with Crippen LogP contribution in [0.15, 0.2) is 70.8 Å². The Kier molecular flexibility index (Phi) is 7.41. The highest BCUT2D eigenvalue weighted by atomic mass is 79.9. The minimum Gasteiger partial charge on any atom is -0.490 e. The third kappa shape index (κ3) is 5.82. The number of benzene rings is 2. The van der Waals surface area contributed by atoms with E-state index in [2.05, 4.69) is 48.6 Å². The number of hydrazone groups is 1. The molecule has 0 spiro atoms. The van der Waals surface area contributed by atoms with Gasteiger partial charge in [-0.25, -0.2) is 5.43 Å². The molecule has 8 nitrogen and oxygen atoms in total. The molecule has 3 rings (SSSR count). The van der Waals surface area contributed by atoms with Crippen LogP contribution in [0.25, 0.3) is 10.6 Å². The van der Waals surface area contributed by atoms with E-state index in [0.29, 0.717) is 22.9 Å². The third-order valence-corrected chi connectivity index (χ3v) is 5.19. The van der Waals surface area contributed by atoms with Crippen LogP contribution >= 0.6 is 27.3 Å². The largest absolute Gasteiger partial charge is 0.490 e. The van der Waals surface area contributed by atoms with E-state index in [1.165, 1.54) is 6.21 Å². The summed E-state index contributed by atoms with van der Waals surface area (Å²) in [5.41, 5.74) is 3.71. The van der Waals surface area contributed by atoms with Crippen molar-refractivity contribution in [2.75, 3.05) is 11.9 Å². The highest BCUT2D eigenvalue weighted by Gasteiger charge is 2.16. The van der Waals surface area contributed by atoms with Gasteiger partial charge in [0.15, 0.2) is 0 Å². The van der Waals surface area contributed by atoms with Crippen molar-refractivity contribution in [1.29, 1.82) is 0 Å². The number of aromatic nitrogens is 2. The Balaban J connectivity index is 1.57. The molecule has 2 N–H and O–H groups in total. The zero-order valence-corrected chi connectivity index (χ0v) is 17.9. The average Bonchev–Trinajstić information content (AvgIpc) is 3.23. The van der Waals surface area contributed by atoms with Crippen LogP contribution in [0.4, 0.5) is 5.13 Å². The topological polar surface area (TPSA) is 106 Å². The molecule has 0 saturated carbocycles. The fourth-order valence-electron chi connectivity index (χ4n) is 2.20. The summed E-state index contributed by atoms with van der Waals surface area (Å²) in [6.07, 6.45) is 3.03. The molecule has 0 aliphatic rings. The van der Waals surface area contributed by atoms with Crippen LogP contribution in [0.1, 0.15) is 5.56 Å². The molecule has 0 bridgehead atoms. The van der Waals surface area contributed by atoms with Gasteiger partial charge in [0.05, 0.1) is 6.21 Å². The number of ether oxygens (including phenoxy) is 1. The predicted octanol–water partition coefficient (Wildman–Crippen LogP) is 3.62. The molecule has 10 heteroatoms. The van der Waals surface area contributed by atoms with Gasteiger partial charge in [-0.05, 0) is 18.2 Å². The average molecular weight is 486 g/mol. The molecule has 1 heterocycles. The van der Waals surface area contributed by atoms with Gasteiger partial charge in [-0.2, -0.15) is 5.10 Å². The second kappa shape index (κ2) is 10.4. The Morgan fingerprint density at radius 2 is 1.97 bits per heavy atom. The summed E-state index contributed by atoms with van der Waals surface area (Å²) in [6.45, 7) is 3.96. The first kappa shape index (κ1) is 21.3. The number of anilines is 1. The maximum Gasteiger partial charge on any atom is 0.329 e. The van der Waals surface area contributed by atoms with Crippen molar-refractivity contribution < 1.29 is 14.3 Å². The van der Waals surface area contributed by atoms with Gasteiger partial charge in [-0.15, -0.1) is 10.2 Å². The lowest BCUT2D eigenvalue weighted by atomic mass is 10.2. The first-order valence-electron chi connectivity index (χ1n) is 8.63. The molecule has 0 unspecified atom stereocenters. The summed E-state index contributed by atoms with van der Waals surface area (Å²) in [7, 11) is 0. The summed E-state index contributed by atoms with van der Waals surface area (Å²) in [4.78, 5) is 24.0. The van der Waals surface area contributed by atoms with Crippen molar-refractivity contribution in [3.05, 3.63) is 71.2 Å². The van der Waals surface area contributed by atoms with E-state index in [4.69, 9.17) is 4.74 Å². The van der Waals surface area contributed by atoms with Crippen molar-refractivity contribution in [2.24, 2.45) is 5.10 Å². The predicted molar refractivity (Wildman–Crippen MR) is 120 cm³/mol. The molecule has 2 aromatic carbocycles. The minimum absolute atomic E-state index is 0.216. The van der Waals surface area contributed by atoms with Gasteiger partial charge in [0, 0.05) is 15.6 Å². The number of hydrogen-bond acceptors (Lipinski definition) is 7. The maximum atomic E-state index is 12.0. The van der Waals surface area contributed by atoms with E-state index in [1.807, 2.05) is 30.3 Å². The summed E-state index contributed by atoms with van der Waals surface area (Å²) < 4.78 is 6.20. The quantitative estimate of drug-likeness (QED) is 0.230. The molecule has 3 aromatic rings. The Hall–Kier alpha value is -3.37. The number of hydrogen-bond donors (Lipinski definition) is 2. The van der Waals surface area contributed by atoms with Gasteiger partial charge < -0.3 is 4.74 Å². The van der Waals surface area contributed by atoms with E-state index >= 15 is 0 Å². The van der Waals surface area contributed by atoms with Gasteiger partial charge in [0.1, 0.15) is 17.4 Å². The van der Waals surface area contributed by atoms with Crippen LogP contribution in [-0.2, 0) is 9.59 Å². The number of carbonyl (C=O) groups excluding carboxylic acids is 2. The van der Waals surface area contributed by atoms with Crippen molar-refractivity contribution >= 4 is 50.4 Å². The number of nitrogens with zero attached hydrogens (tertiary/aromatic N) is 3. The molecule has 2 amide bonds. The number of halogens is 1. The van der Waals surface area contributed by atoms with Gasteiger partial charge in [-0.1, -0.05) is 70.3 Å². The lowest BCUT2D eigenvalue weighted by Gasteiger charge is -2.05. The molecule has 0 radical (unpaired) electrons. The smallest absolute Gasteiger partial charge is 0.329 e. The number of carbonyl (C=O) groups is 2. The highest BCUT2D eigenvalue weighted by Crippen LogP contribution is 2.25. The van der Waals surface area contributed by atoms with E-state index in [0.717, 1.165) is 21.4 Å². The molecular formula is C20H16BrN5O3S. The monoisotopic (exact) mass is 485 g/mol. The zero-order chi connectivity index (χ0) is 21.3. The van der Waals surface area contributed by atoms with Crippen LogP contribution in [0.2, 0.25) is 0 Å². The molecule has 152 valence electrons. The van der Waals surface area contributed by atoms with Crippen molar-refractivity contribution in [3.8, 4) is 16.3 Å². The second-order valence-electron chi connectivity index (χ2n) is 5.71. The van der Waals surface area contributed by atoms with Crippen molar-refractivity contribution in [3.63, 3.8) is 0 Å². The first-order valence-corrected chi connectivity index (χ1v) is 10.2. The molecule has 0 atom stereocenters. The summed E-state index contributed by atoms with van der Waals surface area (Å²) in [6, 6.07) is 14.7. The van der Waals surface area contributed by atoms with Crippen LogP contribution in [0, 0.1) is 0 Å². The number of amides is 2. The lowest BCUT2D eigenvalue weighted by Crippen LogP contribution is -2.32. The molecule has 0 aliphatic carbocycles. The zero-order valence-electron chi connectivity index (χ0n) is 15.5. The molecule has 0 aliphatic heterocycles. The Morgan fingerprint density at radius 3 is 2.73 bits per heavy atom. The van der Waals surface area contributed by atoms with Gasteiger partial charge in [-0.3, -0.25) is 14.9 Å². The maximum absolute atomic E-state index is 12.0. The Bertz CT molecular complexity index is 1090. The molecule has 1 aromatic heterocycles. The normalized spacial score (nSPS) is 10.6. The van der Waals surface area contributed by atoms with E-state index < -0.39 is 11.8 Å². The van der Waals surface area contributed by atoms with Crippen LogP contribution in [0.5, 0.6) is 5.75 Å². The SMILES string of the molecule is C=CCOc1ccc(Br)c(/C=N/NC(=O)C(=O)Nc2nnc(-c3ccccc3)s2)c1. The van der Waals surface area contributed by atoms with Gasteiger partial charge in [0.25, 0.3) is 0 Å². The third-order valence-electron chi connectivity index (χ3n) is 3.58. The number of nitrogens with one attached hydrogen (secondary N) is 2. The van der Waals surface area contributed by atoms with Gasteiger partial charge in [0.2, 0.25) is 5.13 Å². The van der Waals surface area contributed by atoms with Crippen LogP contribution in [0.3, 0.4) is 0 Å². The van der Waals surface area contributed by atoms with Crippen molar-refractivity contribution in [2.45, 2.75) is 0 Å². The molecule has 0 fully saturated rings. The summed E-state index contributed by atoms with van der Waals surface area (Å²) >= 11 is 4.55. The fourth-order valence-corrected chi connectivity index (χ4v) is 3.30. The highest BCUT2D eigenvalue weighted by molar-refractivity contribution is 9.10. The first-order chi connectivity index (χ1) is 14.6. The summed E-state index contributed by atoms with van der Waals surface area (Å²) in [5.74, 6) is -1.21. The van der Waals surface area contributed by atoms with Crippen LogP contribution < -0.4 is 15.5 Å². The second-order valence-corrected chi connectivity index (χ2v) is 7.55. The molecule has 30 heavy (non-hydrogen) atoms. The standard InChI is InChI=1S/C20H16BrN5O3S/c1-2-10-29-15-8-9-16(21)14(11-15)12-22-24-18(28)17(27)23-20-26-25-19(30-20)13-6-4-3-5-7-13/h2-9,11-12H,1,10H2,(H,24,28)(H,23,26,27)/b22-12+. The lowest BCUT2D eigenvalue weighted by molar-refractivity contribution is -0.136. The fraction of sp³-hybridized carbons (Fsp3) is 0.0500.